The Balaban J connectivity index is 0.00000427. The van der Waals surface area contributed by atoms with Gasteiger partial charge in [0.25, 0.3) is 0 Å². The smallest absolute Gasteiger partial charge is 0.509 e. The fourth-order valence-electron chi connectivity index (χ4n) is 6.99. The average molecular weight is 850 g/mol. The van der Waals surface area contributed by atoms with E-state index in [1.165, 1.54) is 0 Å². The van der Waals surface area contributed by atoms with Gasteiger partial charge in [0.15, 0.2) is 0 Å². The number of hydrogen-bond donors (Lipinski definition) is 0. The van der Waals surface area contributed by atoms with Crippen molar-refractivity contribution in [2.24, 2.45) is 0 Å². The molecule has 51 heavy (non-hydrogen) atoms. The summed E-state index contributed by atoms with van der Waals surface area (Å²) in [6, 6.07) is 39.7. The molecule has 9 aromatic rings. The summed E-state index contributed by atoms with van der Waals surface area (Å²) in [4.78, 5) is 4.88. The Morgan fingerprint density at radius 1 is 0.706 bits per heavy atom. The van der Waals surface area contributed by atoms with Crippen LogP contribution in [0.3, 0.4) is 0 Å². The first kappa shape index (κ1) is 28.2. The van der Waals surface area contributed by atoms with Gasteiger partial charge in [-0.05, 0) is 60.9 Å². The summed E-state index contributed by atoms with van der Waals surface area (Å²) in [5, 5.41) is 12.1. The molecule has 0 saturated carbocycles. The van der Waals surface area contributed by atoms with Gasteiger partial charge in [0.1, 0.15) is 5.82 Å². The molecule has 0 aliphatic carbocycles. The van der Waals surface area contributed by atoms with Gasteiger partial charge in [-0.25, -0.2) is 9.67 Å². The predicted molar refractivity (Wildman–Crippen MR) is 200 cm³/mol. The maximum atomic E-state index is 8.80. The summed E-state index contributed by atoms with van der Waals surface area (Å²) >= 11 is 0. The van der Waals surface area contributed by atoms with Crippen LogP contribution >= 0.6 is 0 Å². The van der Waals surface area contributed by atoms with Crippen LogP contribution in [0.15, 0.2) is 109 Å². The van der Waals surface area contributed by atoms with Gasteiger partial charge in [0.2, 0.25) is 0 Å². The van der Waals surface area contributed by atoms with E-state index in [0.29, 0.717) is 45.2 Å². The van der Waals surface area contributed by atoms with E-state index in [2.05, 4.69) is 33.1 Å². The summed E-state index contributed by atoms with van der Waals surface area (Å²) in [6.07, 6.45) is -1.60. The number of aromatic nitrogens is 6. The topological polar surface area (TPSA) is 62.7 Å². The molecule has 0 radical (unpaired) electrons. The SMILES string of the molecule is [2H]C([2H])(C)c1cccc2c3cccc(C([2H])([2H])C)c3n(-c3ccnc(-n4c5[c-]c(Oc6[c-]c(-n7nnc(C)c7C)ccc6)ccc5c5ccccc54)c3)c12.[Pt+2]. The van der Waals surface area contributed by atoms with E-state index in [-0.39, 0.29) is 21.1 Å². The van der Waals surface area contributed by atoms with Gasteiger partial charge in [-0.2, -0.15) is 12.1 Å². The quantitative estimate of drug-likeness (QED) is 0.150. The predicted octanol–water partition coefficient (Wildman–Crippen LogP) is 9.99. The summed E-state index contributed by atoms with van der Waals surface area (Å²) in [5.41, 5.74) is 7.29. The molecule has 0 unspecified atom stereocenters. The molecular formula is C43H34N6OPt. The zero-order valence-corrected chi connectivity index (χ0v) is 30.6. The van der Waals surface area contributed by atoms with Gasteiger partial charge in [0.05, 0.1) is 28.1 Å². The van der Waals surface area contributed by atoms with Crippen molar-refractivity contribution in [2.75, 3.05) is 0 Å². The number of aryl methyl sites for hydroxylation is 3. The molecule has 0 bridgehead atoms. The third kappa shape index (κ3) is 5.26. The van der Waals surface area contributed by atoms with Crippen LogP contribution in [0.4, 0.5) is 0 Å². The van der Waals surface area contributed by atoms with E-state index in [1.807, 2.05) is 115 Å². The van der Waals surface area contributed by atoms with Crippen LogP contribution in [0.5, 0.6) is 11.5 Å². The zero-order valence-electron chi connectivity index (χ0n) is 32.3. The molecule has 0 aliphatic heterocycles. The summed E-state index contributed by atoms with van der Waals surface area (Å²) < 4.78 is 47.4. The molecule has 5 aromatic carbocycles. The van der Waals surface area contributed by atoms with Crippen molar-refractivity contribution in [3.05, 3.63) is 144 Å². The average Bonchev–Trinajstić information content (AvgIpc) is 3.79. The van der Waals surface area contributed by atoms with E-state index in [1.54, 1.807) is 24.7 Å². The fourth-order valence-corrected chi connectivity index (χ4v) is 6.99. The molecule has 0 aliphatic rings. The van der Waals surface area contributed by atoms with Crippen LogP contribution in [-0.4, -0.2) is 29.1 Å². The number of rotatable bonds is 7. The second-order valence-electron chi connectivity index (χ2n) is 12.2. The number of benzene rings is 5. The molecule has 0 amide bonds. The first-order valence-electron chi connectivity index (χ1n) is 18.5. The van der Waals surface area contributed by atoms with Gasteiger partial charge < -0.3 is 13.9 Å². The van der Waals surface area contributed by atoms with E-state index < -0.39 is 12.7 Å². The number of pyridine rings is 1. The molecule has 0 saturated heterocycles. The van der Waals surface area contributed by atoms with Crippen LogP contribution in [0, 0.1) is 26.0 Å². The molecular weight excluding hydrogens is 812 g/mol. The van der Waals surface area contributed by atoms with Crippen LogP contribution in [0.2, 0.25) is 0 Å². The van der Waals surface area contributed by atoms with Crippen LogP contribution < -0.4 is 4.74 Å². The van der Waals surface area contributed by atoms with E-state index in [9.17, 15) is 0 Å². The minimum Gasteiger partial charge on any atom is -0.509 e. The second-order valence-corrected chi connectivity index (χ2v) is 12.2. The molecule has 8 heteroatoms. The number of fused-ring (bicyclic) bond motifs is 6. The molecule has 0 atom stereocenters. The van der Waals surface area contributed by atoms with Gasteiger partial charge in [0, 0.05) is 45.5 Å². The van der Waals surface area contributed by atoms with Crippen LogP contribution in [-0.2, 0) is 33.8 Å². The standard InChI is InChI=1S/C43H34N6O.Pt/c1-5-29-12-9-17-37-38-18-10-13-30(6-2)43(38)47(42(29)37)31-22-23-44-41(25-31)48-39-19-8-7-16-35(39)36-21-20-34(26-40(36)48)50-33-15-11-14-32(24-33)49-28(4)27(3)45-46-49;/h7-23,25H,5-6H2,1-4H3;/q-2;+2/i5D2,6D2;. The minimum atomic E-state index is -1.67. The Bertz CT molecular complexity index is 2870. The van der Waals surface area contributed by atoms with Crippen molar-refractivity contribution < 1.29 is 31.3 Å². The van der Waals surface area contributed by atoms with Gasteiger partial charge in [-0.1, -0.05) is 79.2 Å². The number of ether oxygens (including phenoxy) is 1. The van der Waals surface area contributed by atoms with Gasteiger partial charge in [-0.15, -0.1) is 40.8 Å². The van der Waals surface area contributed by atoms with Crippen molar-refractivity contribution in [3.8, 4) is 28.7 Å². The second kappa shape index (κ2) is 13.0. The summed E-state index contributed by atoms with van der Waals surface area (Å²) in [5.74, 6) is 1.61. The summed E-state index contributed by atoms with van der Waals surface area (Å²) in [7, 11) is 0. The first-order valence-corrected chi connectivity index (χ1v) is 16.5. The molecule has 4 heterocycles. The molecule has 9 rings (SSSR count). The van der Waals surface area contributed by atoms with Crippen LogP contribution in [0.1, 0.15) is 41.8 Å². The number of para-hydroxylation sites is 3. The van der Waals surface area contributed by atoms with Crippen LogP contribution in [0.25, 0.3) is 60.8 Å². The van der Waals surface area contributed by atoms with E-state index >= 15 is 0 Å². The third-order valence-corrected chi connectivity index (χ3v) is 9.45. The molecule has 0 spiro atoms. The normalized spacial score (nSPS) is 13.3. The van der Waals surface area contributed by atoms with Crippen molar-refractivity contribution in [3.63, 3.8) is 0 Å². The van der Waals surface area contributed by atoms with Gasteiger partial charge >= 0.3 is 21.1 Å². The Morgan fingerprint density at radius 3 is 2.10 bits per heavy atom. The Morgan fingerprint density at radius 2 is 1.39 bits per heavy atom. The number of hydrogen-bond acceptors (Lipinski definition) is 4. The zero-order chi connectivity index (χ0) is 37.5. The Hall–Kier alpha value is -5.52. The molecule has 4 aromatic heterocycles. The number of nitrogens with zero attached hydrogens (tertiary/aromatic N) is 6. The van der Waals surface area contributed by atoms with Crippen molar-refractivity contribution in [1.29, 1.82) is 0 Å². The minimum absolute atomic E-state index is 0. The van der Waals surface area contributed by atoms with E-state index in [0.717, 1.165) is 49.7 Å². The van der Waals surface area contributed by atoms with Gasteiger partial charge in [-0.3, -0.25) is 0 Å². The Labute approximate surface area is 316 Å². The molecule has 0 N–H and O–H groups in total. The molecule has 252 valence electrons. The first-order chi connectivity index (χ1) is 25.9. The Kier molecular flexibility index (Phi) is 7.18. The fraction of sp³-hybridized carbons (Fsp3) is 0.140. The maximum absolute atomic E-state index is 8.80. The molecule has 7 nitrogen and oxygen atoms in total. The van der Waals surface area contributed by atoms with Crippen molar-refractivity contribution >= 4 is 43.6 Å². The summed E-state index contributed by atoms with van der Waals surface area (Å²) in [6.45, 7) is 6.99. The maximum Gasteiger partial charge on any atom is 2.00 e. The monoisotopic (exact) mass is 849 g/mol. The third-order valence-electron chi connectivity index (χ3n) is 9.45. The van der Waals surface area contributed by atoms with Crippen molar-refractivity contribution in [2.45, 2.75) is 40.4 Å². The molecule has 0 fully saturated rings. The largest absolute Gasteiger partial charge is 2.00 e. The van der Waals surface area contributed by atoms with E-state index in [4.69, 9.17) is 15.2 Å². The van der Waals surface area contributed by atoms with Crippen molar-refractivity contribution in [1.82, 2.24) is 29.1 Å².